The molecule has 2 N–H and O–H groups in total. The van der Waals surface area contributed by atoms with Crippen molar-refractivity contribution in [3.63, 3.8) is 0 Å². The van der Waals surface area contributed by atoms with Gasteiger partial charge in [-0.2, -0.15) is 0 Å². The number of cyclic esters (lactones) is 1. The van der Waals surface area contributed by atoms with Gasteiger partial charge in [-0.05, 0) is 12.8 Å². The van der Waals surface area contributed by atoms with Gasteiger partial charge < -0.3 is 19.9 Å². The van der Waals surface area contributed by atoms with Crippen LogP contribution in [-0.2, 0) is 23.9 Å². The molecule has 1 aliphatic carbocycles. The molecule has 0 aromatic heterocycles. The van der Waals surface area contributed by atoms with Gasteiger partial charge in [-0.1, -0.05) is 12.2 Å². The molecule has 1 fully saturated rings. The highest BCUT2D eigenvalue weighted by Crippen LogP contribution is 2.38. The lowest BCUT2D eigenvalue weighted by Crippen LogP contribution is -2.26. The van der Waals surface area contributed by atoms with Crippen LogP contribution in [0, 0.1) is 11.8 Å². The number of rotatable bonds is 4. The van der Waals surface area contributed by atoms with Gasteiger partial charge in [0.25, 0.3) is 12.2 Å². The van der Waals surface area contributed by atoms with E-state index in [9.17, 15) is 14.4 Å². The molecule has 4 atom stereocenters. The standard InChI is InChI=1S/C15H15NO6/c1-7-4-12(22-15(7)20)21-6-9-13-8(5-11(17)18)2-3-10(13)16-14(9)19/h2-4,6,8,10,12-13H,5H2,1H3,(H,16,19)(H,17,18)/b9-6+/t8-,10+,12-,13+/m0/s1. The van der Waals surface area contributed by atoms with Crippen LogP contribution in [0.3, 0.4) is 0 Å². The SMILES string of the molecule is CC1=C[C@@H](O/C=C2/C(=O)N[C@@H]3C=C[C@@H](CC(=O)O)[C@H]23)OC1=O. The first-order valence-electron chi connectivity index (χ1n) is 6.91. The Hall–Kier alpha value is -2.57. The fraction of sp³-hybridized carbons (Fsp3) is 0.400. The fourth-order valence-electron chi connectivity index (χ4n) is 2.96. The number of esters is 1. The minimum absolute atomic E-state index is 0.0542. The lowest BCUT2D eigenvalue weighted by atomic mass is 9.87. The molecule has 0 radical (unpaired) electrons. The molecule has 7 heteroatoms. The number of ether oxygens (including phenoxy) is 2. The van der Waals surface area contributed by atoms with E-state index in [4.69, 9.17) is 14.6 Å². The van der Waals surface area contributed by atoms with Crippen LogP contribution in [0.1, 0.15) is 13.3 Å². The molecule has 22 heavy (non-hydrogen) atoms. The maximum atomic E-state index is 12.0. The summed E-state index contributed by atoms with van der Waals surface area (Å²) in [6.45, 7) is 1.61. The summed E-state index contributed by atoms with van der Waals surface area (Å²) >= 11 is 0. The monoisotopic (exact) mass is 305 g/mol. The number of carbonyl (C=O) groups excluding carboxylic acids is 2. The molecule has 3 aliphatic rings. The summed E-state index contributed by atoms with van der Waals surface area (Å²) < 4.78 is 10.3. The molecule has 1 amide bonds. The van der Waals surface area contributed by atoms with Crippen LogP contribution >= 0.6 is 0 Å². The molecular weight excluding hydrogens is 290 g/mol. The Bertz CT molecular complexity index is 632. The van der Waals surface area contributed by atoms with Crippen molar-refractivity contribution in [1.29, 1.82) is 0 Å². The zero-order valence-corrected chi connectivity index (χ0v) is 11.8. The number of carboxylic acids is 1. The zero-order chi connectivity index (χ0) is 15.9. The molecule has 116 valence electrons. The van der Waals surface area contributed by atoms with Gasteiger partial charge in [0.15, 0.2) is 0 Å². The second-order valence-electron chi connectivity index (χ2n) is 5.50. The van der Waals surface area contributed by atoms with Crippen LogP contribution < -0.4 is 5.32 Å². The lowest BCUT2D eigenvalue weighted by molar-refractivity contribution is -0.152. The predicted octanol–water partition coefficient (Wildman–Crippen LogP) is 0.491. The van der Waals surface area contributed by atoms with Crippen LogP contribution in [0.15, 0.2) is 35.6 Å². The Labute approximate surface area is 126 Å². The second kappa shape index (κ2) is 5.32. The summed E-state index contributed by atoms with van der Waals surface area (Å²) in [5.41, 5.74) is 0.818. The molecule has 0 unspecified atom stereocenters. The van der Waals surface area contributed by atoms with E-state index in [1.54, 1.807) is 19.1 Å². The Morgan fingerprint density at radius 3 is 2.86 bits per heavy atom. The van der Waals surface area contributed by atoms with Gasteiger partial charge in [0.05, 0.1) is 24.3 Å². The predicted molar refractivity (Wildman–Crippen MR) is 73.1 cm³/mol. The number of fused-ring (bicyclic) bond motifs is 1. The van der Waals surface area contributed by atoms with E-state index in [0.717, 1.165) is 0 Å². The van der Waals surface area contributed by atoms with E-state index in [0.29, 0.717) is 11.1 Å². The Morgan fingerprint density at radius 2 is 2.23 bits per heavy atom. The highest BCUT2D eigenvalue weighted by Gasteiger charge is 2.44. The van der Waals surface area contributed by atoms with Crippen LogP contribution in [-0.4, -0.2) is 35.3 Å². The second-order valence-corrected chi connectivity index (χ2v) is 5.50. The first-order valence-corrected chi connectivity index (χ1v) is 6.91. The molecule has 2 aliphatic heterocycles. The van der Waals surface area contributed by atoms with E-state index in [-0.39, 0.29) is 30.2 Å². The largest absolute Gasteiger partial charge is 0.481 e. The van der Waals surface area contributed by atoms with Gasteiger partial charge >= 0.3 is 11.9 Å². The van der Waals surface area contributed by atoms with Gasteiger partial charge in [-0.15, -0.1) is 0 Å². The number of aliphatic carboxylic acids is 1. The number of hydrogen-bond acceptors (Lipinski definition) is 5. The summed E-state index contributed by atoms with van der Waals surface area (Å²) in [6, 6.07) is -0.213. The summed E-state index contributed by atoms with van der Waals surface area (Å²) in [5.74, 6) is -2.20. The van der Waals surface area contributed by atoms with Crippen LogP contribution in [0.4, 0.5) is 0 Å². The van der Waals surface area contributed by atoms with Crippen molar-refractivity contribution in [3.8, 4) is 0 Å². The number of allylic oxidation sites excluding steroid dienone is 1. The van der Waals surface area contributed by atoms with Gasteiger partial charge in [0.2, 0.25) is 0 Å². The lowest BCUT2D eigenvalue weighted by Gasteiger charge is -2.17. The number of carboxylic acid groups (broad SMARTS) is 1. The first-order chi connectivity index (χ1) is 10.5. The summed E-state index contributed by atoms with van der Waals surface area (Å²) in [6.07, 6.45) is 5.49. The highest BCUT2D eigenvalue weighted by molar-refractivity contribution is 5.97. The quantitative estimate of drug-likeness (QED) is 0.339. The van der Waals surface area contributed by atoms with Gasteiger partial charge in [-0.3, -0.25) is 9.59 Å². The average Bonchev–Trinajstić information content (AvgIpc) is 3.04. The highest BCUT2D eigenvalue weighted by atomic mass is 16.7. The van der Waals surface area contributed by atoms with Crippen molar-refractivity contribution >= 4 is 17.8 Å². The van der Waals surface area contributed by atoms with Crippen molar-refractivity contribution in [2.45, 2.75) is 25.7 Å². The van der Waals surface area contributed by atoms with Gasteiger partial charge in [0, 0.05) is 17.6 Å². The molecule has 3 rings (SSSR count). The van der Waals surface area contributed by atoms with E-state index in [2.05, 4.69) is 5.32 Å². The molecule has 0 aromatic carbocycles. The molecular formula is C15H15NO6. The Kier molecular flexibility index (Phi) is 3.48. The van der Waals surface area contributed by atoms with E-state index in [1.165, 1.54) is 12.3 Å². The normalized spacial score (nSPS) is 34.4. The third kappa shape index (κ3) is 2.49. The summed E-state index contributed by atoms with van der Waals surface area (Å²) in [5, 5.41) is 11.7. The smallest absolute Gasteiger partial charge is 0.336 e. The zero-order valence-electron chi connectivity index (χ0n) is 11.8. The van der Waals surface area contributed by atoms with Crippen molar-refractivity contribution in [1.82, 2.24) is 5.32 Å². The van der Waals surface area contributed by atoms with E-state index < -0.39 is 18.2 Å². The molecule has 1 saturated heterocycles. The number of amides is 1. The third-order valence-corrected chi connectivity index (χ3v) is 4.00. The van der Waals surface area contributed by atoms with Crippen molar-refractivity contribution in [2.75, 3.05) is 0 Å². The molecule has 0 aromatic rings. The van der Waals surface area contributed by atoms with E-state index in [1.807, 2.05) is 0 Å². The van der Waals surface area contributed by atoms with Gasteiger partial charge in [-0.25, -0.2) is 4.79 Å². The third-order valence-electron chi connectivity index (χ3n) is 4.00. The van der Waals surface area contributed by atoms with Crippen LogP contribution in [0.25, 0.3) is 0 Å². The number of hydrogen-bond donors (Lipinski definition) is 2. The Balaban J connectivity index is 1.74. The molecule has 7 nitrogen and oxygen atoms in total. The summed E-state index contributed by atoms with van der Waals surface area (Å²) in [4.78, 5) is 34.2. The van der Waals surface area contributed by atoms with Crippen LogP contribution in [0.2, 0.25) is 0 Å². The van der Waals surface area contributed by atoms with Crippen molar-refractivity contribution in [2.24, 2.45) is 11.8 Å². The molecule has 2 heterocycles. The fourth-order valence-corrected chi connectivity index (χ4v) is 2.96. The average molecular weight is 305 g/mol. The molecule has 0 bridgehead atoms. The van der Waals surface area contributed by atoms with Crippen LogP contribution in [0.5, 0.6) is 0 Å². The summed E-state index contributed by atoms with van der Waals surface area (Å²) in [7, 11) is 0. The minimum Gasteiger partial charge on any atom is -0.481 e. The first kappa shape index (κ1) is 14.4. The topological polar surface area (TPSA) is 102 Å². The number of nitrogens with one attached hydrogen (secondary N) is 1. The molecule has 0 spiro atoms. The number of carbonyl (C=O) groups is 3. The minimum atomic E-state index is -0.918. The van der Waals surface area contributed by atoms with E-state index >= 15 is 0 Å². The van der Waals surface area contributed by atoms with Crippen molar-refractivity contribution < 1.29 is 29.0 Å². The van der Waals surface area contributed by atoms with Gasteiger partial charge in [0.1, 0.15) is 0 Å². The molecule has 0 saturated carbocycles. The van der Waals surface area contributed by atoms with Crippen molar-refractivity contribution in [3.05, 3.63) is 35.6 Å². The Morgan fingerprint density at radius 1 is 1.45 bits per heavy atom. The maximum Gasteiger partial charge on any atom is 0.336 e. The maximum absolute atomic E-state index is 12.0.